The Labute approximate surface area is 182 Å². The first-order valence-corrected chi connectivity index (χ1v) is 11.9. The summed E-state index contributed by atoms with van der Waals surface area (Å²) < 4.78 is 14.3. The number of hydrogen-bond acceptors (Lipinski definition) is 10. The minimum Gasteiger partial charge on any atom is -0.300 e. The fourth-order valence-corrected chi connectivity index (χ4v) is 5.23. The molecule has 0 saturated heterocycles. The molecule has 0 saturated carbocycles. The Hall–Kier alpha value is -2.09. The van der Waals surface area contributed by atoms with E-state index in [4.69, 9.17) is 0 Å². The molecule has 1 aromatic carbocycles. The number of rotatable bonds is 9. The maximum absolute atomic E-state index is 12.9. The number of carbonyl (C=O) groups excluding carboxylic acids is 2. The largest absolute Gasteiger partial charge is 0.300 e. The Balaban J connectivity index is 1.43. The van der Waals surface area contributed by atoms with Crippen LogP contribution < -0.4 is 10.6 Å². The van der Waals surface area contributed by atoms with E-state index in [1.165, 1.54) is 46.6 Å². The third-order valence-corrected chi connectivity index (χ3v) is 7.00. The Kier molecular flexibility index (Phi) is 7.91. The van der Waals surface area contributed by atoms with Crippen molar-refractivity contribution in [3.63, 3.8) is 0 Å². The number of anilines is 2. The first kappa shape index (κ1) is 21.6. The highest BCUT2D eigenvalue weighted by Crippen LogP contribution is 2.27. The van der Waals surface area contributed by atoms with E-state index >= 15 is 0 Å². The number of halogens is 1. The molecular weight excluding hydrogens is 455 g/mol. The second kappa shape index (κ2) is 10.6. The van der Waals surface area contributed by atoms with E-state index in [9.17, 15) is 14.0 Å². The Morgan fingerprint density at radius 1 is 0.931 bits per heavy atom. The molecule has 8 nitrogen and oxygen atoms in total. The Morgan fingerprint density at radius 2 is 1.52 bits per heavy atom. The van der Waals surface area contributed by atoms with Crippen molar-refractivity contribution in [1.29, 1.82) is 0 Å². The van der Waals surface area contributed by atoms with Gasteiger partial charge in [-0.3, -0.25) is 14.9 Å². The van der Waals surface area contributed by atoms with Crippen LogP contribution in [-0.2, 0) is 16.0 Å². The van der Waals surface area contributed by atoms with Gasteiger partial charge in [0.25, 0.3) is 0 Å². The van der Waals surface area contributed by atoms with Crippen molar-refractivity contribution in [2.75, 3.05) is 22.1 Å². The third-order valence-electron chi connectivity index (χ3n) is 3.18. The molecule has 3 rings (SSSR count). The van der Waals surface area contributed by atoms with E-state index in [1.54, 1.807) is 23.9 Å². The van der Waals surface area contributed by atoms with Gasteiger partial charge in [-0.2, -0.15) is 0 Å². The normalized spacial score (nSPS) is 10.7. The minimum atomic E-state index is -0.351. The van der Waals surface area contributed by atoms with Crippen LogP contribution in [0, 0.1) is 5.82 Å². The smallest absolute Gasteiger partial charge is 0.236 e. The number of thioether (sulfide) groups is 2. The highest BCUT2D eigenvalue weighted by atomic mass is 32.2. The van der Waals surface area contributed by atoms with Crippen molar-refractivity contribution in [3.05, 3.63) is 35.6 Å². The molecule has 0 atom stereocenters. The van der Waals surface area contributed by atoms with E-state index in [2.05, 4.69) is 31.0 Å². The van der Waals surface area contributed by atoms with Crippen molar-refractivity contribution in [1.82, 2.24) is 20.4 Å². The number of amides is 2. The van der Waals surface area contributed by atoms with Gasteiger partial charge in [-0.1, -0.05) is 65.3 Å². The van der Waals surface area contributed by atoms with Gasteiger partial charge in [-0.15, -0.1) is 20.4 Å². The van der Waals surface area contributed by atoms with Crippen LogP contribution in [0.1, 0.15) is 12.5 Å². The van der Waals surface area contributed by atoms with E-state index < -0.39 is 0 Å². The van der Waals surface area contributed by atoms with Crippen LogP contribution in [0.25, 0.3) is 0 Å². The van der Waals surface area contributed by atoms with Gasteiger partial charge in [0.1, 0.15) is 5.82 Å². The number of hydrogen-bond donors (Lipinski definition) is 2. The predicted molar refractivity (Wildman–Crippen MR) is 114 cm³/mol. The molecule has 2 aromatic heterocycles. The van der Waals surface area contributed by atoms with Crippen molar-refractivity contribution in [3.8, 4) is 0 Å². The van der Waals surface area contributed by atoms with E-state index in [0.29, 0.717) is 20.2 Å². The van der Waals surface area contributed by atoms with Crippen LogP contribution in [0.3, 0.4) is 0 Å². The average molecular weight is 471 g/mol. The van der Waals surface area contributed by atoms with Crippen LogP contribution in [0.5, 0.6) is 0 Å². The van der Waals surface area contributed by atoms with Gasteiger partial charge in [-0.25, -0.2) is 4.39 Å². The molecule has 0 spiro atoms. The molecule has 2 N–H and O–H groups in total. The second-order valence-corrected chi connectivity index (χ2v) is 10.1. The lowest BCUT2D eigenvalue weighted by atomic mass is 10.1. The maximum atomic E-state index is 12.9. The molecule has 0 radical (unpaired) electrons. The third kappa shape index (κ3) is 7.03. The van der Waals surface area contributed by atoms with Crippen molar-refractivity contribution >= 4 is 68.3 Å². The molecule has 3 aromatic rings. The zero-order valence-electron chi connectivity index (χ0n) is 15.0. The van der Waals surface area contributed by atoms with Crippen LogP contribution in [0.4, 0.5) is 14.7 Å². The van der Waals surface area contributed by atoms with Crippen LogP contribution in [0.15, 0.2) is 32.9 Å². The van der Waals surface area contributed by atoms with Gasteiger partial charge >= 0.3 is 0 Å². The first-order valence-electron chi connectivity index (χ1n) is 8.28. The van der Waals surface area contributed by atoms with Gasteiger partial charge < -0.3 is 5.32 Å². The molecule has 0 aliphatic carbocycles. The second-order valence-electron chi connectivity index (χ2n) is 5.37. The fraction of sp³-hybridized carbons (Fsp3) is 0.250. The maximum Gasteiger partial charge on any atom is 0.236 e. The van der Waals surface area contributed by atoms with Crippen molar-refractivity contribution in [2.24, 2.45) is 0 Å². The molecule has 0 bridgehead atoms. The zero-order valence-corrected chi connectivity index (χ0v) is 18.3. The zero-order chi connectivity index (χ0) is 20.6. The molecule has 29 heavy (non-hydrogen) atoms. The number of aromatic nitrogens is 4. The summed E-state index contributed by atoms with van der Waals surface area (Å²) in [6.45, 7) is 2.02. The van der Waals surface area contributed by atoms with E-state index in [-0.39, 0.29) is 29.8 Å². The quantitative estimate of drug-likeness (QED) is 0.361. The molecule has 0 unspecified atom stereocenters. The summed E-state index contributed by atoms with van der Waals surface area (Å²) in [7, 11) is 0. The summed E-state index contributed by atoms with van der Waals surface area (Å²) in [5.74, 6) is 0.164. The summed E-state index contributed by atoms with van der Waals surface area (Å²) in [5.41, 5.74) is 0.692. The number of nitrogens with one attached hydrogen (secondary N) is 2. The van der Waals surface area contributed by atoms with Gasteiger partial charge in [0.15, 0.2) is 8.68 Å². The Bertz CT molecular complexity index is 978. The number of carbonyl (C=O) groups is 2. The van der Waals surface area contributed by atoms with Gasteiger partial charge in [0.2, 0.25) is 22.1 Å². The van der Waals surface area contributed by atoms with Gasteiger partial charge in [-0.05, 0) is 23.4 Å². The topological polar surface area (TPSA) is 110 Å². The lowest BCUT2D eigenvalue weighted by Crippen LogP contribution is -2.14. The van der Waals surface area contributed by atoms with Crippen LogP contribution >= 0.6 is 46.2 Å². The number of nitrogens with zero attached hydrogens (tertiary/aromatic N) is 4. The lowest BCUT2D eigenvalue weighted by molar-refractivity contribution is -0.115. The van der Waals surface area contributed by atoms with E-state index in [1.807, 2.05) is 6.92 Å². The number of benzene rings is 1. The lowest BCUT2D eigenvalue weighted by Gasteiger charge is -2.01. The van der Waals surface area contributed by atoms with Gasteiger partial charge in [0, 0.05) is 0 Å². The SMILES string of the molecule is CCSc1nnc(NC(=O)CSc2nnc(NC(=O)Cc3ccc(F)cc3)s2)s1. The molecule has 0 aliphatic rings. The highest BCUT2D eigenvalue weighted by Gasteiger charge is 2.13. The molecule has 0 fully saturated rings. The summed E-state index contributed by atoms with van der Waals surface area (Å²) in [6, 6.07) is 5.71. The minimum absolute atomic E-state index is 0.102. The Morgan fingerprint density at radius 3 is 2.14 bits per heavy atom. The van der Waals surface area contributed by atoms with Crippen molar-refractivity contribution < 1.29 is 14.0 Å². The molecule has 152 valence electrons. The summed E-state index contributed by atoms with van der Waals surface area (Å²) in [6.07, 6.45) is 0.102. The van der Waals surface area contributed by atoms with Crippen LogP contribution in [-0.4, -0.2) is 43.7 Å². The summed E-state index contributed by atoms with van der Waals surface area (Å²) in [5, 5.41) is 21.9. The molecular formula is C16H15FN6O2S4. The predicted octanol–water partition coefficient (Wildman–Crippen LogP) is 3.55. The highest BCUT2D eigenvalue weighted by molar-refractivity contribution is 8.01. The van der Waals surface area contributed by atoms with E-state index in [0.717, 1.165) is 10.1 Å². The first-order chi connectivity index (χ1) is 14.0. The molecule has 2 heterocycles. The van der Waals surface area contributed by atoms with Gasteiger partial charge in [0.05, 0.1) is 12.2 Å². The summed E-state index contributed by atoms with van der Waals surface area (Å²) in [4.78, 5) is 24.1. The van der Waals surface area contributed by atoms with Crippen molar-refractivity contribution in [2.45, 2.75) is 22.0 Å². The average Bonchev–Trinajstić information content (AvgIpc) is 3.31. The fourth-order valence-electron chi connectivity index (χ4n) is 1.99. The molecule has 2 amide bonds. The molecule has 13 heteroatoms. The standard InChI is InChI=1S/C16H15FN6O2S4/c1-2-26-15-22-21-14(28-15)19-12(25)8-27-16-23-20-13(29-16)18-11(24)7-9-3-5-10(17)6-4-9/h3-6H,2,7-8H2,1H3,(H,18,20,24)(H,19,21,25). The monoisotopic (exact) mass is 470 g/mol. The van der Waals surface area contributed by atoms with Crippen LogP contribution in [0.2, 0.25) is 0 Å². The summed E-state index contributed by atoms with van der Waals surface area (Å²) >= 11 is 5.27. The molecule has 0 aliphatic heterocycles.